The third-order valence-corrected chi connectivity index (χ3v) is 2.06. The van der Waals surface area contributed by atoms with Gasteiger partial charge < -0.3 is 11.1 Å². The Hall–Kier alpha value is -2.14. The summed E-state index contributed by atoms with van der Waals surface area (Å²) in [7, 11) is 0. The largest absolute Gasteiger partial charge is 0.322 e. The molecule has 0 radical (unpaired) electrons. The van der Waals surface area contributed by atoms with Gasteiger partial charge in [-0.05, 0) is 12.1 Å². The summed E-state index contributed by atoms with van der Waals surface area (Å²) in [6, 6.07) is 11.4. The summed E-state index contributed by atoms with van der Waals surface area (Å²) in [6.07, 6.45) is 1.78. The van der Waals surface area contributed by atoms with Gasteiger partial charge >= 0.3 is 0 Å². The molecule has 0 spiro atoms. The number of amides is 1. The number of carbonyl (C=O) groups excluding carboxylic acids is 1. The lowest BCUT2D eigenvalue weighted by Crippen LogP contribution is -2.22. The predicted octanol–water partition coefficient (Wildman–Crippen LogP) is 0.769. The van der Waals surface area contributed by atoms with Crippen LogP contribution in [0, 0.1) is 0 Å². The molecule has 5 heteroatoms. The van der Waals surface area contributed by atoms with Gasteiger partial charge in [0.2, 0.25) is 5.91 Å². The third kappa shape index (κ3) is 2.26. The van der Waals surface area contributed by atoms with Crippen LogP contribution in [-0.4, -0.2) is 22.2 Å². The van der Waals surface area contributed by atoms with Gasteiger partial charge in [0.25, 0.3) is 0 Å². The molecule has 0 fully saturated rings. The van der Waals surface area contributed by atoms with Gasteiger partial charge in [-0.3, -0.25) is 4.79 Å². The average Bonchev–Trinajstić information content (AvgIpc) is 2.78. The molecule has 0 unspecified atom stereocenters. The van der Waals surface area contributed by atoms with Gasteiger partial charge in [0, 0.05) is 12.3 Å². The molecule has 82 valence electrons. The van der Waals surface area contributed by atoms with Crippen molar-refractivity contribution in [2.24, 2.45) is 5.73 Å². The monoisotopic (exact) mass is 216 g/mol. The van der Waals surface area contributed by atoms with Gasteiger partial charge in [-0.2, -0.15) is 5.10 Å². The number of hydrogen-bond acceptors (Lipinski definition) is 3. The first kappa shape index (κ1) is 10.4. The van der Waals surface area contributed by atoms with Crippen molar-refractivity contribution in [2.45, 2.75) is 0 Å². The summed E-state index contributed by atoms with van der Waals surface area (Å²) < 4.78 is 1.69. The Kier molecular flexibility index (Phi) is 2.98. The van der Waals surface area contributed by atoms with Crippen LogP contribution >= 0.6 is 0 Å². The maximum Gasteiger partial charge on any atom is 0.239 e. The lowest BCUT2D eigenvalue weighted by molar-refractivity contribution is -0.114. The minimum absolute atomic E-state index is 0.0435. The van der Waals surface area contributed by atoms with Crippen LogP contribution in [0.1, 0.15) is 0 Å². The lowest BCUT2D eigenvalue weighted by atomic mass is 10.3. The van der Waals surface area contributed by atoms with Crippen LogP contribution < -0.4 is 11.1 Å². The molecule has 0 saturated heterocycles. The fourth-order valence-electron chi connectivity index (χ4n) is 1.31. The van der Waals surface area contributed by atoms with Crippen molar-refractivity contribution in [3.8, 4) is 5.69 Å². The van der Waals surface area contributed by atoms with E-state index >= 15 is 0 Å². The van der Waals surface area contributed by atoms with Gasteiger partial charge in [0.1, 0.15) is 0 Å². The number of aromatic nitrogens is 2. The molecule has 1 aromatic heterocycles. The summed E-state index contributed by atoms with van der Waals surface area (Å²) in [4.78, 5) is 11.0. The molecule has 5 nitrogen and oxygen atoms in total. The van der Waals surface area contributed by atoms with Crippen LogP contribution in [0.3, 0.4) is 0 Å². The molecule has 1 heterocycles. The van der Waals surface area contributed by atoms with Crippen LogP contribution in [0.15, 0.2) is 42.6 Å². The van der Waals surface area contributed by atoms with Crippen LogP contribution in [0.2, 0.25) is 0 Å². The van der Waals surface area contributed by atoms with Gasteiger partial charge in [-0.15, -0.1) is 0 Å². The molecular weight excluding hydrogens is 204 g/mol. The van der Waals surface area contributed by atoms with Crippen molar-refractivity contribution in [3.63, 3.8) is 0 Å². The first-order chi connectivity index (χ1) is 7.79. The maximum atomic E-state index is 11.0. The topological polar surface area (TPSA) is 72.9 Å². The van der Waals surface area contributed by atoms with E-state index in [1.165, 1.54) is 0 Å². The van der Waals surface area contributed by atoms with Crippen LogP contribution in [0.5, 0.6) is 0 Å². The molecule has 0 atom stereocenters. The van der Waals surface area contributed by atoms with Crippen molar-refractivity contribution in [2.75, 3.05) is 11.9 Å². The number of benzene rings is 1. The number of rotatable bonds is 3. The highest BCUT2D eigenvalue weighted by molar-refractivity contribution is 5.91. The van der Waals surface area contributed by atoms with E-state index in [1.807, 2.05) is 30.3 Å². The molecule has 0 aliphatic heterocycles. The first-order valence-electron chi connectivity index (χ1n) is 4.90. The molecule has 0 saturated carbocycles. The van der Waals surface area contributed by atoms with Crippen LogP contribution in [0.4, 0.5) is 5.82 Å². The standard InChI is InChI=1S/C11H12N4O/c12-8-11(16)13-10-6-7-15(14-10)9-4-2-1-3-5-9/h1-7H,8,12H2,(H,13,14,16). The SMILES string of the molecule is NCC(=O)Nc1ccn(-c2ccccc2)n1. The van der Waals surface area contributed by atoms with E-state index in [0.29, 0.717) is 5.82 Å². The van der Waals surface area contributed by atoms with Gasteiger partial charge in [-0.1, -0.05) is 18.2 Å². The summed E-state index contributed by atoms with van der Waals surface area (Å²) >= 11 is 0. The highest BCUT2D eigenvalue weighted by atomic mass is 16.1. The molecule has 1 amide bonds. The second kappa shape index (κ2) is 4.59. The van der Waals surface area contributed by atoms with E-state index in [1.54, 1.807) is 16.9 Å². The molecular formula is C11H12N4O. The van der Waals surface area contributed by atoms with E-state index in [4.69, 9.17) is 5.73 Å². The Morgan fingerprint density at radius 2 is 2.06 bits per heavy atom. The Morgan fingerprint density at radius 1 is 1.31 bits per heavy atom. The second-order valence-corrected chi connectivity index (χ2v) is 3.23. The third-order valence-electron chi connectivity index (χ3n) is 2.06. The quantitative estimate of drug-likeness (QED) is 0.795. The molecule has 3 N–H and O–H groups in total. The molecule has 1 aromatic carbocycles. The van der Waals surface area contributed by atoms with E-state index in [9.17, 15) is 4.79 Å². The first-order valence-corrected chi connectivity index (χ1v) is 4.90. The Balaban J connectivity index is 2.17. The normalized spacial score (nSPS) is 10.1. The van der Waals surface area contributed by atoms with E-state index in [2.05, 4.69) is 10.4 Å². The predicted molar refractivity (Wildman–Crippen MR) is 61.2 cm³/mol. The highest BCUT2D eigenvalue weighted by Gasteiger charge is 2.03. The van der Waals surface area contributed by atoms with E-state index in [0.717, 1.165) is 5.69 Å². The maximum absolute atomic E-state index is 11.0. The minimum Gasteiger partial charge on any atom is -0.322 e. The Morgan fingerprint density at radius 3 is 2.75 bits per heavy atom. The number of nitrogens with two attached hydrogens (primary N) is 1. The molecule has 2 aromatic rings. The zero-order chi connectivity index (χ0) is 11.4. The molecule has 0 aliphatic rings. The van der Waals surface area contributed by atoms with Crippen molar-refractivity contribution in [3.05, 3.63) is 42.6 Å². The van der Waals surface area contributed by atoms with Crippen molar-refractivity contribution >= 4 is 11.7 Å². The average molecular weight is 216 g/mol. The Bertz CT molecular complexity index is 478. The molecule has 0 aliphatic carbocycles. The molecule has 16 heavy (non-hydrogen) atoms. The summed E-state index contributed by atoms with van der Waals surface area (Å²) in [5, 5.41) is 6.78. The zero-order valence-corrected chi connectivity index (χ0v) is 8.63. The smallest absolute Gasteiger partial charge is 0.239 e. The van der Waals surface area contributed by atoms with Gasteiger partial charge in [0.15, 0.2) is 5.82 Å². The van der Waals surface area contributed by atoms with E-state index < -0.39 is 0 Å². The minimum atomic E-state index is -0.252. The zero-order valence-electron chi connectivity index (χ0n) is 8.63. The van der Waals surface area contributed by atoms with Crippen molar-refractivity contribution in [1.29, 1.82) is 0 Å². The number of carbonyl (C=O) groups is 1. The number of nitrogens with zero attached hydrogens (tertiary/aromatic N) is 2. The Labute approximate surface area is 92.9 Å². The van der Waals surface area contributed by atoms with E-state index in [-0.39, 0.29) is 12.5 Å². The summed E-state index contributed by atoms with van der Waals surface area (Å²) in [5.41, 5.74) is 6.13. The van der Waals surface area contributed by atoms with Crippen molar-refractivity contribution in [1.82, 2.24) is 9.78 Å². The number of nitrogens with one attached hydrogen (secondary N) is 1. The fourth-order valence-corrected chi connectivity index (χ4v) is 1.31. The number of para-hydroxylation sites is 1. The second-order valence-electron chi connectivity index (χ2n) is 3.23. The van der Waals surface area contributed by atoms with Gasteiger partial charge in [0.05, 0.1) is 12.2 Å². The number of hydrogen-bond donors (Lipinski definition) is 2. The van der Waals surface area contributed by atoms with Crippen LogP contribution in [0.25, 0.3) is 5.69 Å². The molecule has 2 rings (SSSR count). The summed E-state index contributed by atoms with van der Waals surface area (Å²) in [5.74, 6) is 0.248. The van der Waals surface area contributed by atoms with Gasteiger partial charge in [-0.25, -0.2) is 4.68 Å². The highest BCUT2D eigenvalue weighted by Crippen LogP contribution is 2.09. The summed E-state index contributed by atoms with van der Waals surface area (Å²) in [6.45, 7) is -0.0435. The lowest BCUT2D eigenvalue weighted by Gasteiger charge is -2.00. The number of anilines is 1. The van der Waals surface area contributed by atoms with Crippen molar-refractivity contribution < 1.29 is 4.79 Å². The molecule has 0 bridgehead atoms. The fraction of sp³-hybridized carbons (Fsp3) is 0.0909. The van der Waals surface area contributed by atoms with Crippen LogP contribution in [-0.2, 0) is 4.79 Å².